The molecule has 0 bridgehead atoms. The normalized spacial score (nSPS) is 10.5. The molecule has 1 heterocycles. The quantitative estimate of drug-likeness (QED) is 0.433. The molecule has 1 aromatic rings. The monoisotopic (exact) mass is 251 g/mol. The van der Waals surface area contributed by atoms with Gasteiger partial charge >= 0.3 is 91.4 Å². The van der Waals surface area contributed by atoms with Gasteiger partial charge in [-0.05, 0) is 0 Å². The fourth-order valence-corrected chi connectivity index (χ4v) is 1.35. The van der Waals surface area contributed by atoms with Gasteiger partial charge in [0.2, 0.25) is 0 Å². The fraction of sp³-hybridized carbons (Fsp3) is 0.200. The van der Waals surface area contributed by atoms with Gasteiger partial charge in [0.25, 0.3) is 0 Å². The maximum absolute atomic E-state index is 10.8. The second-order valence-electron chi connectivity index (χ2n) is 2.78. The van der Waals surface area contributed by atoms with Crippen molar-refractivity contribution in [3.63, 3.8) is 0 Å². The first-order valence-electron chi connectivity index (χ1n) is 4.05. The summed E-state index contributed by atoms with van der Waals surface area (Å²) in [7, 11) is 1.35. The van der Waals surface area contributed by atoms with Crippen LogP contribution in [0.3, 0.4) is 0 Å². The van der Waals surface area contributed by atoms with Crippen LogP contribution in [0, 0.1) is 6.92 Å². The van der Waals surface area contributed by atoms with Gasteiger partial charge in [0.05, 0.1) is 0 Å². The van der Waals surface area contributed by atoms with E-state index < -0.39 is 0 Å². The van der Waals surface area contributed by atoms with Crippen LogP contribution in [-0.4, -0.2) is 34.9 Å². The van der Waals surface area contributed by atoms with Gasteiger partial charge in [-0.2, -0.15) is 0 Å². The van der Waals surface area contributed by atoms with Crippen LogP contribution in [0.2, 0.25) is 0 Å². The Hall–Kier alpha value is -1.08. The molecule has 0 saturated heterocycles. The Morgan fingerprint density at radius 3 is 3.00 bits per heavy atom. The Labute approximate surface area is 91.7 Å². The number of methoxy groups -OCH3 is 1. The number of nitrogens with zero attached hydrogens (tertiary/aromatic N) is 1. The van der Waals surface area contributed by atoms with Crippen LogP contribution in [0.15, 0.2) is 18.3 Å². The molecular formula is C10H10AsNO2. The van der Waals surface area contributed by atoms with Crippen molar-refractivity contribution in [2.45, 2.75) is 6.92 Å². The van der Waals surface area contributed by atoms with Crippen LogP contribution in [0.5, 0.6) is 0 Å². The van der Waals surface area contributed by atoms with Crippen molar-refractivity contribution < 1.29 is 9.53 Å². The summed E-state index contributed by atoms with van der Waals surface area (Å²) in [5.74, 6) is -0.363. The number of esters is 1. The van der Waals surface area contributed by atoms with Gasteiger partial charge in [-0.1, -0.05) is 0 Å². The summed E-state index contributed by atoms with van der Waals surface area (Å²) in [4.78, 5) is 15.0. The first-order valence-corrected chi connectivity index (χ1v) is 4.99. The van der Waals surface area contributed by atoms with Crippen LogP contribution in [0.25, 0.3) is 6.08 Å². The number of carbonyl (C=O) groups is 1. The molecular weight excluding hydrogens is 241 g/mol. The number of ether oxygens (including phenoxy) is 1. The molecule has 1 rings (SSSR count). The number of hydrogen-bond acceptors (Lipinski definition) is 3. The van der Waals surface area contributed by atoms with Gasteiger partial charge in [0.15, 0.2) is 0 Å². The van der Waals surface area contributed by atoms with Crippen LogP contribution in [0.1, 0.15) is 11.1 Å². The SMILES string of the molecule is COC(=O)C=Cc1cc(C)cnc1[As]. The van der Waals surface area contributed by atoms with Crippen molar-refractivity contribution in [1.82, 2.24) is 4.98 Å². The van der Waals surface area contributed by atoms with Crippen LogP contribution < -0.4 is 4.48 Å². The third-order valence-corrected chi connectivity index (χ3v) is 2.42. The molecule has 2 radical (unpaired) electrons. The summed E-state index contributed by atoms with van der Waals surface area (Å²) in [6.45, 7) is 1.95. The van der Waals surface area contributed by atoms with Crippen LogP contribution in [-0.2, 0) is 9.53 Å². The molecule has 14 heavy (non-hydrogen) atoms. The van der Waals surface area contributed by atoms with Gasteiger partial charge in [0.1, 0.15) is 0 Å². The summed E-state index contributed by atoms with van der Waals surface area (Å²) in [5.41, 5.74) is 1.97. The predicted molar refractivity (Wildman–Crippen MR) is 55.4 cm³/mol. The summed E-state index contributed by atoms with van der Waals surface area (Å²) >= 11 is 2.36. The van der Waals surface area contributed by atoms with E-state index in [-0.39, 0.29) is 5.97 Å². The molecule has 0 saturated carbocycles. The van der Waals surface area contributed by atoms with Gasteiger partial charge in [-0.25, -0.2) is 0 Å². The van der Waals surface area contributed by atoms with E-state index in [1.807, 2.05) is 13.0 Å². The predicted octanol–water partition coefficient (Wildman–Crippen LogP) is 0.370. The van der Waals surface area contributed by atoms with Gasteiger partial charge in [-0.3, -0.25) is 0 Å². The number of pyridine rings is 1. The zero-order chi connectivity index (χ0) is 10.6. The second kappa shape index (κ2) is 4.96. The summed E-state index contributed by atoms with van der Waals surface area (Å²) < 4.78 is 5.33. The Morgan fingerprint density at radius 1 is 1.64 bits per heavy atom. The molecule has 0 aliphatic rings. The standard InChI is InChI=1S/C10H10AsNO2/c1-7-5-8(10(11)12-6-7)3-4-9(13)14-2/h3-6H,1-2H3. The summed E-state index contributed by atoms with van der Waals surface area (Å²) in [5, 5.41) is 0. The van der Waals surface area contributed by atoms with E-state index in [4.69, 9.17) is 0 Å². The zero-order valence-corrected chi connectivity index (χ0v) is 9.90. The van der Waals surface area contributed by atoms with Crippen molar-refractivity contribution in [3.8, 4) is 0 Å². The van der Waals surface area contributed by atoms with Crippen molar-refractivity contribution in [2.75, 3.05) is 7.11 Å². The molecule has 0 N–H and O–H groups in total. The first kappa shape index (κ1) is 11.0. The Kier molecular flexibility index (Phi) is 3.90. The van der Waals surface area contributed by atoms with Gasteiger partial charge in [-0.15, -0.1) is 0 Å². The zero-order valence-electron chi connectivity index (χ0n) is 8.02. The van der Waals surface area contributed by atoms with Crippen molar-refractivity contribution in [3.05, 3.63) is 29.5 Å². The van der Waals surface area contributed by atoms with E-state index in [1.165, 1.54) is 13.2 Å². The fourth-order valence-electron chi connectivity index (χ4n) is 0.933. The molecule has 3 nitrogen and oxygen atoms in total. The molecule has 1 aromatic heterocycles. The Morgan fingerprint density at radius 2 is 2.36 bits per heavy atom. The average Bonchev–Trinajstić information content (AvgIpc) is 2.19. The van der Waals surface area contributed by atoms with Crippen molar-refractivity contribution >= 4 is 33.4 Å². The average molecular weight is 251 g/mol. The molecule has 0 aromatic carbocycles. The minimum atomic E-state index is -0.363. The number of aromatic nitrogens is 1. The Bertz CT molecular complexity index is 374. The summed E-state index contributed by atoms with van der Waals surface area (Å²) in [6.07, 6.45) is 4.86. The number of aryl methyl sites for hydroxylation is 1. The molecule has 72 valence electrons. The molecule has 0 unspecified atom stereocenters. The van der Waals surface area contributed by atoms with Crippen LogP contribution in [0.4, 0.5) is 0 Å². The van der Waals surface area contributed by atoms with E-state index in [2.05, 4.69) is 26.6 Å². The third kappa shape index (κ3) is 3.00. The van der Waals surface area contributed by atoms with E-state index in [1.54, 1.807) is 12.3 Å². The minimum absolute atomic E-state index is 0.363. The van der Waals surface area contributed by atoms with E-state index in [9.17, 15) is 4.79 Å². The maximum atomic E-state index is 10.8. The first-order chi connectivity index (χ1) is 6.63. The van der Waals surface area contributed by atoms with E-state index in [0.29, 0.717) is 0 Å². The van der Waals surface area contributed by atoms with E-state index in [0.717, 1.165) is 15.6 Å². The molecule has 0 fully saturated rings. The molecule has 0 amide bonds. The summed E-state index contributed by atoms with van der Waals surface area (Å²) in [6, 6.07) is 1.96. The second-order valence-corrected chi connectivity index (χ2v) is 3.67. The van der Waals surface area contributed by atoms with Crippen molar-refractivity contribution in [2.24, 2.45) is 0 Å². The van der Waals surface area contributed by atoms with Gasteiger partial charge < -0.3 is 0 Å². The molecule has 0 aliphatic carbocycles. The molecule has 4 heteroatoms. The van der Waals surface area contributed by atoms with Crippen molar-refractivity contribution in [1.29, 1.82) is 0 Å². The molecule has 0 spiro atoms. The topological polar surface area (TPSA) is 39.2 Å². The van der Waals surface area contributed by atoms with Crippen LogP contribution >= 0.6 is 0 Å². The van der Waals surface area contributed by atoms with E-state index >= 15 is 0 Å². The molecule has 0 atom stereocenters. The number of carbonyl (C=O) groups excluding carboxylic acids is 1. The number of rotatable bonds is 2. The Balaban J connectivity index is 2.90. The molecule has 0 aliphatic heterocycles. The third-order valence-electron chi connectivity index (χ3n) is 1.63. The van der Waals surface area contributed by atoms with Gasteiger partial charge in [0, 0.05) is 0 Å². The number of hydrogen-bond donors (Lipinski definition) is 0.